The Morgan fingerprint density at radius 3 is 2.38 bits per heavy atom. The molecule has 76 valence electrons. The lowest BCUT2D eigenvalue weighted by Crippen LogP contribution is -2.17. The van der Waals surface area contributed by atoms with Crippen molar-refractivity contribution in [1.29, 1.82) is 0 Å². The Balaban J connectivity index is 3.55. The molecule has 0 radical (unpaired) electrons. The Morgan fingerprint density at radius 2 is 1.92 bits per heavy atom. The van der Waals surface area contributed by atoms with E-state index in [0.29, 0.717) is 0 Å². The molecule has 0 aromatic heterocycles. The van der Waals surface area contributed by atoms with Crippen LogP contribution < -0.4 is 0 Å². The maximum atomic E-state index is 9.53. The first-order valence-corrected chi connectivity index (χ1v) is 5.40. The topological polar surface area (TPSA) is 20.2 Å². The molecular formula is C12H22O. The molecule has 0 fully saturated rings. The first kappa shape index (κ1) is 12.5. The van der Waals surface area contributed by atoms with E-state index in [4.69, 9.17) is 6.42 Å². The molecular weight excluding hydrogens is 160 g/mol. The molecule has 0 aliphatic rings. The summed E-state index contributed by atoms with van der Waals surface area (Å²) < 4.78 is 0. The second-order valence-corrected chi connectivity index (χ2v) is 3.60. The molecule has 2 unspecified atom stereocenters. The highest BCUT2D eigenvalue weighted by molar-refractivity contribution is 4.96. The van der Waals surface area contributed by atoms with Crippen LogP contribution in [0.25, 0.3) is 0 Å². The number of aliphatic hydroxyl groups is 1. The zero-order valence-corrected chi connectivity index (χ0v) is 8.92. The van der Waals surface area contributed by atoms with Crippen molar-refractivity contribution < 1.29 is 5.11 Å². The Kier molecular flexibility index (Phi) is 7.83. The summed E-state index contributed by atoms with van der Waals surface area (Å²) in [4.78, 5) is 0. The lowest BCUT2D eigenvalue weighted by Gasteiger charge is -2.15. The molecule has 0 aliphatic carbocycles. The van der Waals surface area contributed by atoms with Crippen LogP contribution in [0.2, 0.25) is 0 Å². The molecule has 0 bridgehead atoms. The summed E-state index contributed by atoms with van der Waals surface area (Å²) in [6, 6.07) is 0. The Labute approximate surface area is 82.5 Å². The number of hydrogen-bond acceptors (Lipinski definition) is 1. The van der Waals surface area contributed by atoms with E-state index in [2.05, 4.69) is 12.8 Å². The van der Waals surface area contributed by atoms with Crippen LogP contribution in [-0.4, -0.2) is 11.2 Å². The van der Waals surface area contributed by atoms with E-state index in [1.807, 2.05) is 6.92 Å². The van der Waals surface area contributed by atoms with Gasteiger partial charge in [0.15, 0.2) is 0 Å². The van der Waals surface area contributed by atoms with Gasteiger partial charge in [-0.1, -0.05) is 39.5 Å². The number of unbranched alkanes of at least 4 members (excludes halogenated alkanes) is 3. The normalized spacial score (nSPS) is 14.9. The molecule has 0 aromatic rings. The van der Waals surface area contributed by atoms with Gasteiger partial charge in [-0.05, 0) is 12.8 Å². The number of rotatable bonds is 7. The van der Waals surface area contributed by atoms with Gasteiger partial charge in [-0.25, -0.2) is 0 Å². The molecule has 1 N–H and O–H groups in total. The van der Waals surface area contributed by atoms with E-state index >= 15 is 0 Å². The van der Waals surface area contributed by atoms with Crippen LogP contribution in [0.3, 0.4) is 0 Å². The number of terminal acetylenes is 1. The Hall–Kier alpha value is -0.480. The fourth-order valence-corrected chi connectivity index (χ4v) is 1.46. The molecule has 13 heavy (non-hydrogen) atoms. The molecule has 1 heteroatoms. The average Bonchev–Trinajstić information content (AvgIpc) is 2.17. The summed E-state index contributed by atoms with van der Waals surface area (Å²) >= 11 is 0. The molecule has 0 aromatic carbocycles. The fourth-order valence-electron chi connectivity index (χ4n) is 1.46. The number of aliphatic hydroxyl groups excluding tert-OH is 1. The number of hydrogen-bond donors (Lipinski definition) is 1. The van der Waals surface area contributed by atoms with Crippen LogP contribution in [0.15, 0.2) is 0 Å². The molecule has 0 heterocycles. The summed E-state index contributed by atoms with van der Waals surface area (Å²) in [5.41, 5.74) is 0. The van der Waals surface area contributed by atoms with Gasteiger partial charge < -0.3 is 5.11 Å². The van der Waals surface area contributed by atoms with Crippen LogP contribution in [0.4, 0.5) is 0 Å². The van der Waals surface area contributed by atoms with Crippen LogP contribution in [0, 0.1) is 18.3 Å². The van der Waals surface area contributed by atoms with E-state index < -0.39 is 0 Å². The molecule has 0 spiro atoms. The smallest absolute Gasteiger partial charge is 0.0674 e. The highest BCUT2D eigenvalue weighted by atomic mass is 16.3. The van der Waals surface area contributed by atoms with Gasteiger partial charge in [0.05, 0.1) is 6.10 Å². The standard InChI is InChI=1S/C12H22O/c1-4-7-8-9-10-11(5-2)12(13)6-3/h2,11-13H,4,6-10H2,1,3H3. The Morgan fingerprint density at radius 1 is 1.23 bits per heavy atom. The third kappa shape index (κ3) is 5.71. The molecule has 2 atom stereocenters. The molecule has 0 saturated heterocycles. The predicted octanol–water partition coefficient (Wildman–Crippen LogP) is 2.98. The fraction of sp³-hybridized carbons (Fsp3) is 0.833. The predicted molar refractivity (Wildman–Crippen MR) is 57.4 cm³/mol. The van der Waals surface area contributed by atoms with Crippen molar-refractivity contribution in [3.63, 3.8) is 0 Å². The van der Waals surface area contributed by atoms with Gasteiger partial charge in [0, 0.05) is 5.92 Å². The van der Waals surface area contributed by atoms with Gasteiger partial charge in [0.25, 0.3) is 0 Å². The van der Waals surface area contributed by atoms with E-state index in [1.54, 1.807) is 0 Å². The van der Waals surface area contributed by atoms with Crippen molar-refractivity contribution in [2.45, 2.75) is 58.5 Å². The second-order valence-electron chi connectivity index (χ2n) is 3.60. The lowest BCUT2D eigenvalue weighted by atomic mass is 9.94. The molecule has 0 rings (SSSR count). The SMILES string of the molecule is C#CC(CCCCCC)C(O)CC. The van der Waals surface area contributed by atoms with Crippen LogP contribution in [0.1, 0.15) is 52.4 Å². The van der Waals surface area contributed by atoms with Crippen molar-refractivity contribution >= 4 is 0 Å². The first-order chi connectivity index (χ1) is 6.26. The highest BCUT2D eigenvalue weighted by Crippen LogP contribution is 2.15. The minimum absolute atomic E-state index is 0.0712. The molecule has 0 amide bonds. The highest BCUT2D eigenvalue weighted by Gasteiger charge is 2.13. The second kappa shape index (κ2) is 8.13. The third-order valence-electron chi connectivity index (χ3n) is 2.47. The van der Waals surface area contributed by atoms with Gasteiger partial charge in [-0.2, -0.15) is 0 Å². The van der Waals surface area contributed by atoms with Gasteiger partial charge in [0.2, 0.25) is 0 Å². The summed E-state index contributed by atoms with van der Waals surface area (Å²) in [7, 11) is 0. The first-order valence-electron chi connectivity index (χ1n) is 5.40. The van der Waals surface area contributed by atoms with Gasteiger partial charge in [0.1, 0.15) is 0 Å². The van der Waals surface area contributed by atoms with Crippen LogP contribution in [-0.2, 0) is 0 Å². The van der Waals surface area contributed by atoms with E-state index in [0.717, 1.165) is 19.3 Å². The van der Waals surface area contributed by atoms with E-state index in [9.17, 15) is 5.11 Å². The average molecular weight is 182 g/mol. The van der Waals surface area contributed by atoms with Crippen LogP contribution >= 0.6 is 0 Å². The third-order valence-corrected chi connectivity index (χ3v) is 2.47. The quantitative estimate of drug-likeness (QED) is 0.474. The largest absolute Gasteiger partial charge is 0.392 e. The van der Waals surface area contributed by atoms with Crippen molar-refractivity contribution in [2.24, 2.45) is 5.92 Å². The monoisotopic (exact) mass is 182 g/mol. The summed E-state index contributed by atoms with van der Waals surface area (Å²) in [6.07, 6.45) is 11.7. The van der Waals surface area contributed by atoms with Crippen molar-refractivity contribution in [2.75, 3.05) is 0 Å². The van der Waals surface area contributed by atoms with Crippen LogP contribution in [0.5, 0.6) is 0 Å². The summed E-state index contributed by atoms with van der Waals surface area (Å²) in [6.45, 7) is 4.17. The Bertz CT molecular complexity index is 146. The van der Waals surface area contributed by atoms with Crippen molar-refractivity contribution in [3.8, 4) is 12.3 Å². The lowest BCUT2D eigenvalue weighted by molar-refractivity contribution is 0.124. The maximum absolute atomic E-state index is 9.53. The molecule has 0 aliphatic heterocycles. The summed E-state index contributed by atoms with van der Waals surface area (Å²) in [5.74, 6) is 2.75. The van der Waals surface area contributed by atoms with Gasteiger partial charge >= 0.3 is 0 Å². The van der Waals surface area contributed by atoms with Crippen molar-refractivity contribution in [1.82, 2.24) is 0 Å². The zero-order valence-electron chi connectivity index (χ0n) is 8.92. The molecule has 1 nitrogen and oxygen atoms in total. The molecule has 0 saturated carbocycles. The minimum Gasteiger partial charge on any atom is -0.392 e. The van der Waals surface area contributed by atoms with Crippen molar-refractivity contribution in [3.05, 3.63) is 0 Å². The van der Waals surface area contributed by atoms with Gasteiger partial charge in [-0.15, -0.1) is 12.3 Å². The summed E-state index contributed by atoms with van der Waals surface area (Å²) in [5, 5.41) is 9.53. The zero-order chi connectivity index (χ0) is 10.1. The van der Waals surface area contributed by atoms with E-state index in [1.165, 1.54) is 19.3 Å². The van der Waals surface area contributed by atoms with Gasteiger partial charge in [-0.3, -0.25) is 0 Å². The minimum atomic E-state index is -0.299. The maximum Gasteiger partial charge on any atom is 0.0674 e. The van der Waals surface area contributed by atoms with E-state index in [-0.39, 0.29) is 12.0 Å².